The van der Waals surface area contributed by atoms with E-state index in [9.17, 15) is 5.11 Å². The van der Waals surface area contributed by atoms with E-state index in [2.05, 4.69) is 25.8 Å². The first kappa shape index (κ1) is 16.2. The molecule has 8 nitrogen and oxygen atoms in total. The molecule has 8 heteroatoms. The van der Waals surface area contributed by atoms with Crippen molar-refractivity contribution in [2.24, 2.45) is 0 Å². The SMILES string of the molecule is CC(O)CNc1nc2ccccc2n1Cc1nnnn1-c1ccccc1. The summed E-state index contributed by atoms with van der Waals surface area (Å²) in [6.45, 7) is 2.59. The second kappa shape index (κ2) is 6.93. The minimum atomic E-state index is -0.474. The quantitative estimate of drug-likeness (QED) is 0.552. The Bertz CT molecular complexity index is 1010. The van der Waals surface area contributed by atoms with Crippen molar-refractivity contribution in [1.29, 1.82) is 0 Å². The van der Waals surface area contributed by atoms with E-state index in [0.29, 0.717) is 24.9 Å². The van der Waals surface area contributed by atoms with E-state index in [0.717, 1.165) is 16.7 Å². The maximum absolute atomic E-state index is 9.59. The zero-order valence-electron chi connectivity index (χ0n) is 14.3. The van der Waals surface area contributed by atoms with Gasteiger partial charge in [-0.1, -0.05) is 30.3 Å². The first-order chi connectivity index (χ1) is 12.7. The highest BCUT2D eigenvalue weighted by Gasteiger charge is 2.15. The summed E-state index contributed by atoms with van der Waals surface area (Å²) in [5.41, 5.74) is 2.75. The van der Waals surface area contributed by atoms with Crippen molar-refractivity contribution >= 4 is 17.0 Å². The molecule has 0 bridgehead atoms. The summed E-state index contributed by atoms with van der Waals surface area (Å²) in [5, 5.41) is 24.9. The number of rotatable bonds is 6. The molecule has 1 atom stereocenters. The molecule has 0 aliphatic rings. The highest BCUT2D eigenvalue weighted by Crippen LogP contribution is 2.21. The molecule has 132 valence electrons. The molecular weight excluding hydrogens is 330 g/mol. The highest BCUT2D eigenvalue weighted by atomic mass is 16.3. The number of aliphatic hydroxyl groups excluding tert-OH is 1. The van der Waals surface area contributed by atoms with E-state index < -0.39 is 6.10 Å². The lowest BCUT2D eigenvalue weighted by Crippen LogP contribution is -2.19. The summed E-state index contributed by atoms with van der Waals surface area (Å²) in [6, 6.07) is 17.6. The molecule has 2 aromatic heterocycles. The molecule has 0 amide bonds. The van der Waals surface area contributed by atoms with Crippen molar-refractivity contribution in [3.05, 3.63) is 60.4 Å². The van der Waals surface area contributed by atoms with Crippen molar-refractivity contribution in [3.63, 3.8) is 0 Å². The van der Waals surface area contributed by atoms with Gasteiger partial charge in [-0.15, -0.1) is 5.10 Å². The van der Waals surface area contributed by atoms with Gasteiger partial charge in [0.05, 0.1) is 29.4 Å². The Balaban J connectivity index is 1.73. The normalized spacial score (nSPS) is 12.4. The van der Waals surface area contributed by atoms with Crippen LogP contribution in [0.5, 0.6) is 0 Å². The number of tetrazole rings is 1. The maximum Gasteiger partial charge on any atom is 0.204 e. The Kier molecular flexibility index (Phi) is 4.32. The lowest BCUT2D eigenvalue weighted by molar-refractivity contribution is 0.208. The number of aliphatic hydroxyl groups is 1. The fourth-order valence-corrected chi connectivity index (χ4v) is 2.82. The number of fused-ring (bicyclic) bond motifs is 1. The molecule has 0 saturated carbocycles. The predicted molar refractivity (Wildman–Crippen MR) is 98.2 cm³/mol. The zero-order chi connectivity index (χ0) is 17.9. The van der Waals surface area contributed by atoms with Gasteiger partial charge in [-0.25, -0.2) is 4.98 Å². The Morgan fingerprint density at radius 3 is 2.65 bits per heavy atom. The van der Waals surface area contributed by atoms with Crippen LogP contribution in [0.3, 0.4) is 0 Å². The summed E-state index contributed by atoms with van der Waals surface area (Å²) in [4.78, 5) is 4.63. The first-order valence-corrected chi connectivity index (χ1v) is 8.42. The molecule has 4 rings (SSSR count). The number of nitrogens with zero attached hydrogens (tertiary/aromatic N) is 6. The van der Waals surface area contributed by atoms with Gasteiger partial charge in [-0.05, 0) is 41.6 Å². The summed E-state index contributed by atoms with van der Waals surface area (Å²) < 4.78 is 3.73. The third-order valence-corrected chi connectivity index (χ3v) is 4.04. The van der Waals surface area contributed by atoms with Crippen molar-refractivity contribution in [2.75, 3.05) is 11.9 Å². The molecule has 2 aromatic carbocycles. The van der Waals surface area contributed by atoms with Crippen LogP contribution in [0.4, 0.5) is 5.95 Å². The Morgan fingerprint density at radius 1 is 1.08 bits per heavy atom. The van der Waals surface area contributed by atoms with E-state index in [1.165, 1.54) is 0 Å². The van der Waals surface area contributed by atoms with Crippen LogP contribution in [-0.2, 0) is 6.54 Å². The second-order valence-electron chi connectivity index (χ2n) is 6.08. The van der Waals surface area contributed by atoms with E-state index in [1.807, 2.05) is 59.2 Å². The molecule has 0 radical (unpaired) electrons. The number of para-hydroxylation sites is 3. The Labute approximate surface area is 150 Å². The third-order valence-electron chi connectivity index (χ3n) is 4.04. The molecule has 2 N–H and O–H groups in total. The molecule has 0 aliphatic heterocycles. The van der Waals surface area contributed by atoms with Crippen molar-refractivity contribution in [3.8, 4) is 5.69 Å². The maximum atomic E-state index is 9.59. The summed E-state index contributed by atoms with van der Waals surface area (Å²) in [5.74, 6) is 1.37. The largest absolute Gasteiger partial charge is 0.392 e. The van der Waals surface area contributed by atoms with Gasteiger partial charge in [0.15, 0.2) is 5.82 Å². The highest BCUT2D eigenvalue weighted by molar-refractivity contribution is 5.78. The number of benzene rings is 2. The number of hydrogen-bond acceptors (Lipinski definition) is 6. The van der Waals surface area contributed by atoms with E-state index in [-0.39, 0.29) is 0 Å². The van der Waals surface area contributed by atoms with Gasteiger partial charge in [0.2, 0.25) is 5.95 Å². The van der Waals surface area contributed by atoms with Gasteiger partial charge in [0, 0.05) is 6.54 Å². The molecule has 26 heavy (non-hydrogen) atoms. The third kappa shape index (κ3) is 3.14. The van der Waals surface area contributed by atoms with Gasteiger partial charge in [-0.2, -0.15) is 4.68 Å². The van der Waals surface area contributed by atoms with Gasteiger partial charge in [0.1, 0.15) is 0 Å². The molecule has 2 heterocycles. The molecule has 0 spiro atoms. The minimum Gasteiger partial charge on any atom is -0.392 e. The van der Waals surface area contributed by atoms with E-state index in [1.54, 1.807) is 11.6 Å². The van der Waals surface area contributed by atoms with Crippen molar-refractivity contribution in [1.82, 2.24) is 29.8 Å². The molecule has 0 fully saturated rings. The van der Waals surface area contributed by atoms with Crippen LogP contribution in [0.1, 0.15) is 12.7 Å². The molecule has 0 saturated heterocycles. The van der Waals surface area contributed by atoms with Crippen LogP contribution in [0.15, 0.2) is 54.6 Å². The number of nitrogens with one attached hydrogen (secondary N) is 1. The molecule has 1 unspecified atom stereocenters. The fraction of sp³-hybridized carbons (Fsp3) is 0.222. The minimum absolute atomic E-state index is 0.410. The topological polar surface area (TPSA) is 93.7 Å². The summed E-state index contributed by atoms with van der Waals surface area (Å²) >= 11 is 0. The lowest BCUT2D eigenvalue weighted by Gasteiger charge is -2.12. The van der Waals surface area contributed by atoms with Crippen molar-refractivity contribution in [2.45, 2.75) is 19.6 Å². The lowest BCUT2D eigenvalue weighted by atomic mass is 10.3. The average Bonchev–Trinajstić information content (AvgIpc) is 3.26. The smallest absolute Gasteiger partial charge is 0.204 e. The molecule has 0 aliphatic carbocycles. The number of aromatic nitrogens is 6. The number of hydrogen-bond donors (Lipinski definition) is 2. The van der Waals surface area contributed by atoms with Crippen LogP contribution in [0.25, 0.3) is 16.7 Å². The van der Waals surface area contributed by atoms with Crippen LogP contribution in [-0.4, -0.2) is 47.5 Å². The fourth-order valence-electron chi connectivity index (χ4n) is 2.82. The van der Waals surface area contributed by atoms with Crippen molar-refractivity contribution < 1.29 is 5.11 Å². The van der Waals surface area contributed by atoms with Gasteiger partial charge >= 0.3 is 0 Å². The van der Waals surface area contributed by atoms with Gasteiger partial charge in [-0.3, -0.25) is 0 Å². The number of imidazole rings is 1. The monoisotopic (exact) mass is 349 g/mol. The van der Waals surface area contributed by atoms with Crippen LogP contribution in [0, 0.1) is 0 Å². The molecule has 4 aromatic rings. The summed E-state index contributed by atoms with van der Waals surface area (Å²) in [7, 11) is 0. The van der Waals surface area contributed by atoms with Gasteiger partial charge in [0.25, 0.3) is 0 Å². The second-order valence-corrected chi connectivity index (χ2v) is 6.08. The van der Waals surface area contributed by atoms with E-state index in [4.69, 9.17) is 0 Å². The van der Waals surface area contributed by atoms with Crippen LogP contribution in [0.2, 0.25) is 0 Å². The average molecular weight is 349 g/mol. The Hall–Kier alpha value is -3.26. The molecular formula is C18H19N7O. The number of anilines is 1. The van der Waals surface area contributed by atoms with Crippen LogP contribution < -0.4 is 5.32 Å². The predicted octanol–water partition coefficient (Wildman–Crippen LogP) is 1.85. The van der Waals surface area contributed by atoms with Crippen LogP contribution >= 0.6 is 0 Å². The summed E-state index contributed by atoms with van der Waals surface area (Å²) in [6.07, 6.45) is -0.474. The van der Waals surface area contributed by atoms with E-state index >= 15 is 0 Å². The zero-order valence-corrected chi connectivity index (χ0v) is 14.3. The Morgan fingerprint density at radius 2 is 1.85 bits per heavy atom. The first-order valence-electron chi connectivity index (χ1n) is 8.42. The standard InChI is InChI=1S/C18H19N7O/c1-13(26)11-19-18-20-15-9-5-6-10-16(15)24(18)12-17-21-22-23-25(17)14-7-3-2-4-8-14/h2-10,13,26H,11-12H2,1H3,(H,19,20). The van der Waals surface area contributed by atoms with Gasteiger partial charge < -0.3 is 15.0 Å².